The molecule has 0 aliphatic carbocycles. The van der Waals surface area contributed by atoms with Gasteiger partial charge in [0, 0.05) is 0 Å². The van der Waals surface area contributed by atoms with E-state index >= 15 is 0 Å². The predicted octanol–water partition coefficient (Wildman–Crippen LogP) is 2.67. The van der Waals surface area contributed by atoms with Gasteiger partial charge in [0.2, 0.25) is 11.8 Å². The van der Waals surface area contributed by atoms with E-state index in [9.17, 15) is 9.59 Å². The van der Waals surface area contributed by atoms with Gasteiger partial charge in [0.25, 0.3) is 5.91 Å². The summed E-state index contributed by atoms with van der Waals surface area (Å²) in [6.45, 7) is 1.65. The second-order valence-corrected chi connectivity index (χ2v) is 6.07. The molecule has 1 atom stereocenters. The highest BCUT2D eigenvalue weighted by Gasteiger charge is 2.24. The second kappa shape index (κ2) is 6.67. The first-order valence-corrected chi connectivity index (χ1v) is 8.10. The minimum absolute atomic E-state index is 0.139. The maximum absolute atomic E-state index is 12.5. The highest BCUT2D eigenvalue weighted by atomic mass is 32.1. The molecule has 0 bridgehead atoms. The zero-order valence-corrected chi connectivity index (χ0v) is 13.7. The Morgan fingerprint density at radius 3 is 2.58 bits per heavy atom. The third-order valence-corrected chi connectivity index (χ3v) is 4.29. The number of hydrogen-bond acceptors (Lipinski definition) is 5. The van der Waals surface area contributed by atoms with Gasteiger partial charge in [-0.05, 0) is 23.9 Å². The van der Waals surface area contributed by atoms with Gasteiger partial charge in [0.1, 0.15) is 11.8 Å². The second-order valence-electron chi connectivity index (χ2n) is 5.12. The van der Waals surface area contributed by atoms with E-state index in [0.29, 0.717) is 17.2 Å². The van der Waals surface area contributed by atoms with E-state index in [4.69, 9.17) is 10.2 Å². The number of benzene rings is 1. The summed E-state index contributed by atoms with van der Waals surface area (Å²) >= 11 is 1.46. The molecular formula is C17H15N3O3S. The Hall–Kier alpha value is -2.93. The number of thiophene rings is 1. The number of carbonyl (C=O) groups is 2. The van der Waals surface area contributed by atoms with Crippen molar-refractivity contribution in [2.45, 2.75) is 13.0 Å². The van der Waals surface area contributed by atoms with Gasteiger partial charge in [0.05, 0.1) is 4.88 Å². The number of amides is 2. The van der Waals surface area contributed by atoms with E-state index in [2.05, 4.69) is 10.3 Å². The standard InChI is InChI=1S/C17H15N3O3S/c1-10-13(20-17(23-10)12-8-5-9-24-12)16(22)19-14(15(18)21)11-6-3-2-4-7-11/h2-9,14H,1H3,(H2,18,21)(H,19,22)/t14-/m0/s1. The van der Waals surface area contributed by atoms with Crippen molar-refractivity contribution in [3.63, 3.8) is 0 Å². The smallest absolute Gasteiger partial charge is 0.274 e. The highest BCUT2D eigenvalue weighted by Crippen LogP contribution is 2.26. The zero-order chi connectivity index (χ0) is 17.1. The van der Waals surface area contributed by atoms with Crippen LogP contribution in [0.4, 0.5) is 0 Å². The van der Waals surface area contributed by atoms with Gasteiger partial charge >= 0.3 is 0 Å². The van der Waals surface area contributed by atoms with Crippen LogP contribution >= 0.6 is 11.3 Å². The van der Waals surface area contributed by atoms with Crippen molar-refractivity contribution in [2.75, 3.05) is 0 Å². The van der Waals surface area contributed by atoms with Crippen molar-refractivity contribution in [3.05, 3.63) is 64.9 Å². The van der Waals surface area contributed by atoms with Gasteiger partial charge in [-0.15, -0.1) is 11.3 Å². The third-order valence-electron chi connectivity index (χ3n) is 3.44. The van der Waals surface area contributed by atoms with E-state index in [-0.39, 0.29) is 5.69 Å². The van der Waals surface area contributed by atoms with Crippen LogP contribution in [0.15, 0.2) is 52.3 Å². The first-order valence-electron chi connectivity index (χ1n) is 7.22. The normalized spacial score (nSPS) is 11.9. The Labute approximate surface area is 142 Å². The van der Waals surface area contributed by atoms with Crippen LogP contribution in [-0.4, -0.2) is 16.8 Å². The maximum Gasteiger partial charge on any atom is 0.274 e. The molecule has 2 heterocycles. The van der Waals surface area contributed by atoms with Crippen molar-refractivity contribution >= 4 is 23.2 Å². The van der Waals surface area contributed by atoms with Crippen LogP contribution in [0, 0.1) is 6.92 Å². The van der Waals surface area contributed by atoms with Crippen molar-refractivity contribution in [2.24, 2.45) is 5.73 Å². The lowest BCUT2D eigenvalue weighted by molar-refractivity contribution is -0.120. The topological polar surface area (TPSA) is 98.2 Å². The largest absolute Gasteiger partial charge is 0.440 e. The number of nitrogens with zero attached hydrogens (tertiary/aromatic N) is 1. The SMILES string of the molecule is Cc1oc(-c2cccs2)nc1C(=O)N[C@H](C(N)=O)c1ccccc1. The fourth-order valence-electron chi connectivity index (χ4n) is 2.28. The zero-order valence-electron chi connectivity index (χ0n) is 12.9. The van der Waals surface area contributed by atoms with Gasteiger partial charge in [-0.1, -0.05) is 36.4 Å². The first-order chi connectivity index (χ1) is 11.6. The van der Waals surface area contributed by atoms with E-state index in [1.54, 1.807) is 31.2 Å². The van der Waals surface area contributed by atoms with E-state index in [1.165, 1.54) is 11.3 Å². The molecule has 2 amide bonds. The lowest BCUT2D eigenvalue weighted by Crippen LogP contribution is -2.37. The molecular weight excluding hydrogens is 326 g/mol. The molecule has 6 nitrogen and oxygen atoms in total. The Kier molecular flexibility index (Phi) is 4.43. The third kappa shape index (κ3) is 3.21. The molecule has 3 rings (SSSR count). The van der Waals surface area contributed by atoms with Crippen molar-refractivity contribution in [1.82, 2.24) is 10.3 Å². The van der Waals surface area contributed by atoms with Gasteiger partial charge in [0.15, 0.2) is 5.69 Å². The van der Waals surface area contributed by atoms with Crippen molar-refractivity contribution in [1.29, 1.82) is 0 Å². The first kappa shape index (κ1) is 15.9. The molecule has 122 valence electrons. The summed E-state index contributed by atoms with van der Waals surface area (Å²) in [4.78, 5) is 29.3. The van der Waals surface area contributed by atoms with Gasteiger partial charge in [-0.25, -0.2) is 4.98 Å². The number of rotatable bonds is 5. The lowest BCUT2D eigenvalue weighted by atomic mass is 10.1. The molecule has 24 heavy (non-hydrogen) atoms. The number of hydrogen-bond donors (Lipinski definition) is 2. The van der Waals surface area contributed by atoms with Crippen LogP contribution in [-0.2, 0) is 4.79 Å². The molecule has 0 radical (unpaired) electrons. The molecule has 0 saturated heterocycles. The van der Waals surface area contributed by atoms with Gasteiger partial charge < -0.3 is 15.5 Å². The summed E-state index contributed by atoms with van der Waals surface area (Å²) in [5, 5.41) is 4.51. The average molecular weight is 341 g/mol. The minimum Gasteiger partial charge on any atom is -0.440 e. The summed E-state index contributed by atoms with van der Waals surface area (Å²) in [5.74, 6) is -0.393. The molecule has 0 fully saturated rings. The molecule has 0 saturated carbocycles. The molecule has 0 aliphatic rings. The van der Waals surface area contributed by atoms with E-state index in [1.807, 2.05) is 23.6 Å². The highest BCUT2D eigenvalue weighted by molar-refractivity contribution is 7.13. The number of nitrogens with two attached hydrogens (primary N) is 1. The number of carbonyl (C=O) groups excluding carboxylic acids is 2. The fraction of sp³-hybridized carbons (Fsp3) is 0.118. The summed E-state index contributed by atoms with van der Waals surface area (Å²) in [7, 11) is 0. The monoisotopic (exact) mass is 341 g/mol. The number of aromatic nitrogens is 1. The Morgan fingerprint density at radius 2 is 1.96 bits per heavy atom. The van der Waals surface area contributed by atoms with Crippen LogP contribution in [0.25, 0.3) is 10.8 Å². The minimum atomic E-state index is -0.931. The summed E-state index contributed by atoms with van der Waals surface area (Å²) < 4.78 is 5.55. The predicted molar refractivity (Wildman–Crippen MR) is 90.4 cm³/mol. The van der Waals surface area contributed by atoms with Crippen LogP contribution in [0.5, 0.6) is 0 Å². The summed E-state index contributed by atoms with van der Waals surface area (Å²) in [6, 6.07) is 11.6. The molecule has 0 spiro atoms. The Balaban J connectivity index is 1.85. The van der Waals surface area contributed by atoms with Crippen molar-refractivity contribution < 1.29 is 14.0 Å². The van der Waals surface area contributed by atoms with Crippen LogP contribution in [0.1, 0.15) is 27.9 Å². The van der Waals surface area contributed by atoms with Crippen LogP contribution < -0.4 is 11.1 Å². The van der Waals surface area contributed by atoms with E-state index in [0.717, 1.165) is 4.88 Å². The molecule has 2 aromatic heterocycles. The van der Waals surface area contributed by atoms with Crippen LogP contribution in [0.2, 0.25) is 0 Å². The van der Waals surface area contributed by atoms with Gasteiger partial charge in [-0.2, -0.15) is 0 Å². The molecule has 0 unspecified atom stereocenters. The summed E-state index contributed by atoms with van der Waals surface area (Å²) in [6.07, 6.45) is 0. The van der Waals surface area contributed by atoms with Gasteiger partial charge in [-0.3, -0.25) is 9.59 Å². The number of oxazole rings is 1. The average Bonchev–Trinajstić information content (AvgIpc) is 3.22. The number of nitrogens with one attached hydrogen (secondary N) is 1. The lowest BCUT2D eigenvalue weighted by Gasteiger charge is -2.15. The maximum atomic E-state index is 12.5. The molecule has 7 heteroatoms. The molecule has 3 aromatic rings. The quantitative estimate of drug-likeness (QED) is 0.745. The Bertz CT molecular complexity index is 857. The van der Waals surface area contributed by atoms with Crippen molar-refractivity contribution in [3.8, 4) is 10.8 Å². The fourth-order valence-corrected chi connectivity index (χ4v) is 2.93. The summed E-state index contributed by atoms with van der Waals surface area (Å²) in [5.41, 5.74) is 6.17. The molecule has 3 N–H and O–H groups in total. The van der Waals surface area contributed by atoms with E-state index < -0.39 is 17.9 Å². The Morgan fingerprint density at radius 1 is 1.21 bits per heavy atom. The van der Waals surface area contributed by atoms with Crippen LogP contribution in [0.3, 0.4) is 0 Å². The molecule has 1 aromatic carbocycles. The number of primary amides is 1. The molecule has 0 aliphatic heterocycles. The number of aryl methyl sites for hydroxylation is 1.